The van der Waals surface area contributed by atoms with Crippen molar-refractivity contribution in [3.63, 3.8) is 0 Å². The van der Waals surface area contributed by atoms with Crippen molar-refractivity contribution in [1.29, 1.82) is 0 Å². The van der Waals surface area contributed by atoms with E-state index in [-0.39, 0.29) is 23.8 Å². The maximum Gasteiger partial charge on any atom is 0.573 e. The van der Waals surface area contributed by atoms with E-state index >= 15 is 0 Å². The van der Waals surface area contributed by atoms with Crippen LogP contribution in [0.2, 0.25) is 0 Å². The number of nitrogens with one attached hydrogen (secondary N) is 2. The molecule has 3 aromatic heterocycles. The molecule has 1 aliphatic heterocycles. The van der Waals surface area contributed by atoms with Gasteiger partial charge in [0.2, 0.25) is 0 Å². The van der Waals surface area contributed by atoms with Crippen molar-refractivity contribution in [2.24, 2.45) is 10.9 Å². The Balaban J connectivity index is 1.31. The van der Waals surface area contributed by atoms with E-state index in [1.165, 1.54) is 18.2 Å². The van der Waals surface area contributed by atoms with Crippen molar-refractivity contribution in [2.75, 3.05) is 6.61 Å². The third kappa shape index (κ3) is 4.82. The average molecular weight is 559 g/mol. The number of alkyl halides is 3. The summed E-state index contributed by atoms with van der Waals surface area (Å²) >= 11 is 1.15. The molecule has 0 saturated heterocycles. The Hall–Kier alpha value is -4.00. The van der Waals surface area contributed by atoms with Gasteiger partial charge in [-0.2, -0.15) is 0 Å². The molecule has 13 heteroatoms. The number of carbonyl (C=O) groups is 2. The van der Waals surface area contributed by atoms with Crippen LogP contribution in [0.5, 0.6) is 5.75 Å². The maximum absolute atomic E-state index is 13.1. The number of imidazole rings is 1. The molecule has 2 N–H and O–H groups in total. The first-order valence-electron chi connectivity index (χ1n) is 12.2. The SMILES string of the molecule is CCOC(=O)c1[nH]cc2c1N=C1CCCC(=O)C1C2c1ccc(Sc2nc3ccc(OC(F)(F)F)cc3[nH]2)o1. The van der Waals surface area contributed by atoms with Gasteiger partial charge in [0.15, 0.2) is 15.9 Å². The fraction of sp³-hybridized carbons (Fsp3) is 0.308. The minimum Gasteiger partial charge on any atom is -0.461 e. The van der Waals surface area contributed by atoms with Gasteiger partial charge in [-0.25, -0.2) is 9.78 Å². The van der Waals surface area contributed by atoms with Crippen LogP contribution < -0.4 is 4.74 Å². The lowest BCUT2D eigenvalue weighted by molar-refractivity contribution is -0.274. The molecule has 39 heavy (non-hydrogen) atoms. The second-order valence-electron chi connectivity index (χ2n) is 9.09. The average Bonchev–Trinajstić information content (AvgIpc) is 3.60. The zero-order valence-electron chi connectivity index (χ0n) is 20.4. The number of ether oxygens (including phenoxy) is 2. The van der Waals surface area contributed by atoms with Crippen molar-refractivity contribution < 1.29 is 36.7 Å². The van der Waals surface area contributed by atoms with E-state index in [1.807, 2.05) is 0 Å². The lowest BCUT2D eigenvalue weighted by atomic mass is 9.72. The normalized spacial score (nSPS) is 19.0. The number of aliphatic imine (C=N–C) groups is 1. The maximum atomic E-state index is 13.1. The number of ketones is 1. The van der Waals surface area contributed by atoms with Crippen molar-refractivity contribution in [3.05, 3.63) is 53.5 Å². The minimum absolute atomic E-state index is 0.0642. The van der Waals surface area contributed by atoms with Gasteiger partial charge in [0.1, 0.15) is 17.3 Å². The van der Waals surface area contributed by atoms with E-state index in [1.54, 1.807) is 25.3 Å². The number of esters is 1. The molecule has 1 aromatic carbocycles. The number of halogens is 3. The number of aromatic amines is 2. The number of H-pyrrole nitrogens is 2. The van der Waals surface area contributed by atoms with E-state index in [4.69, 9.17) is 14.1 Å². The van der Waals surface area contributed by atoms with Gasteiger partial charge >= 0.3 is 12.3 Å². The molecular formula is C26H21F3N4O5S. The van der Waals surface area contributed by atoms with Crippen LogP contribution in [0.1, 0.15) is 53.9 Å². The summed E-state index contributed by atoms with van der Waals surface area (Å²) in [6, 6.07) is 7.36. The van der Waals surface area contributed by atoms with Crippen LogP contribution in [0.4, 0.5) is 18.9 Å². The summed E-state index contributed by atoms with van der Waals surface area (Å²) in [7, 11) is 0. The summed E-state index contributed by atoms with van der Waals surface area (Å²) in [6.07, 6.45) is -1.36. The molecule has 1 saturated carbocycles. The quantitative estimate of drug-likeness (QED) is 0.266. The number of hydrogen-bond donors (Lipinski definition) is 2. The number of hydrogen-bond acceptors (Lipinski definition) is 8. The van der Waals surface area contributed by atoms with E-state index in [2.05, 4.69) is 19.7 Å². The lowest BCUT2D eigenvalue weighted by Gasteiger charge is -2.32. The van der Waals surface area contributed by atoms with Gasteiger partial charge in [-0.1, -0.05) is 0 Å². The van der Waals surface area contributed by atoms with Gasteiger partial charge in [0.25, 0.3) is 0 Å². The molecular weight excluding hydrogens is 537 g/mol. The Morgan fingerprint density at radius 1 is 1.21 bits per heavy atom. The smallest absolute Gasteiger partial charge is 0.461 e. The number of furan rings is 1. The van der Waals surface area contributed by atoms with Crippen molar-refractivity contribution in [2.45, 2.75) is 48.7 Å². The fourth-order valence-corrected chi connectivity index (χ4v) is 5.86. The predicted molar refractivity (Wildman–Crippen MR) is 134 cm³/mol. The number of Topliss-reactive ketones (excluding diaryl/α,β-unsaturated/α-hetero) is 1. The van der Waals surface area contributed by atoms with Gasteiger partial charge in [-0.3, -0.25) is 9.79 Å². The zero-order chi connectivity index (χ0) is 27.3. The summed E-state index contributed by atoms with van der Waals surface area (Å²) in [5, 5.41) is 0.868. The third-order valence-corrected chi connectivity index (χ3v) is 7.43. The highest BCUT2D eigenvalue weighted by Gasteiger charge is 2.44. The number of rotatable bonds is 6. The van der Waals surface area contributed by atoms with Crippen LogP contribution in [-0.2, 0) is 9.53 Å². The highest BCUT2D eigenvalue weighted by atomic mass is 32.2. The van der Waals surface area contributed by atoms with Crippen molar-refractivity contribution in [1.82, 2.24) is 15.0 Å². The second kappa shape index (κ2) is 9.63. The van der Waals surface area contributed by atoms with Crippen LogP contribution in [-0.4, -0.2) is 45.4 Å². The molecule has 1 aliphatic carbocycles. The number of aromatic nitrogens is 3. The van der Waals surface area contributed by atoms with Gasteiger partial charge in [0, 0.05) is 30.0 Å². The van der Waals surface area contributed by atoms with Crippen LogP contribution in [0.25, 0.3) is 11.0 Å². The summed E-state index contributed by atoms with van der Waals surface area (Å²) in [5.41, 5.74) is 2.92. The number of carbonyl (C=O) groups excluding carboxylic acids is 2. The summed E-state index contributed by atoms with van der Waals surface area (Å²) in [6.45, 7) is 1.93. The number of nitrogens with zero attached hydrogens (tertiary/aromatic N) is 2. The summed E-state index contributed by atoms with van der Waals surface area (Å²) in [5.74, 6) is -1.27. The molecule has 2 atom stereocenters. The lowest BCUT2D eigenvalue weighted by Crippen LogP contribution is -2.36. The number of benzene rings is 1. The Morgan fingerprint density at radius 2 is 2.05 bits per heavy atom. The largest absolute Gasteiger partial charge is 0.573 e. The number of fused-ring (bicyclic) bond motifs is 3. The zero-order valence-corrected chi connectivity index (χ0v) is 21.2. The Bertz CT molecular complexity index is 1620. The molecule has 1 fully saturated rings. The Kier molecular flexibility index (Phi) is 6.25. The van der Waals surface area contributed by atoms with Crippen molar-refractivity contribution in [3.8, 4) is 5.75 Å². The fourth-order valence-electron chi connectivity index (χ4n) is 5.09. The van der Waals surface area contributed by atoms with Crippen LogP contribution in [0.15, 0.2) is 56.2 Å². The van der Waals surface area contributed by atoms with E-state index in [9.17, 15) is 22.8 Å². The molecule has 0 radical (unpaired) electrons. The van der Waals surface area contributed by atoms with Gasteiger partial charge in [-0.15, -0.1) is 13.2 Å². The first kappa shape index (κ1) is 25.3. The van der Waals surface area contributed by atoms with Crippen LogP contribution in [0, 0.1) is 5.92 Å². The van der Waals surface area contributed by atoms with Gasteiger partial charge in [0.05, 0.1) is 35.2 Å². The third-order valence-electron chi connectivity index (χ3n) is 6.62. The van der Waals surface area contributed by atoms with E-state index < -0.39 is 24.2 Å². The molecule has 4 heterocycles. The first-order chi connectivity index (χ1) is 18.7. The van der Waals surface area contributed by atoms with Gasteiger partial charge in [-0.05, 0) is 55.8 Å². The highest BCUT2D eigenvalue weighted by Crippen LogP contribution is 2.48. The van der Waals surface area contributed by atoms with Gasteiger partial charge < -0.3 is 23.9 Å². The van der Waals surface area contributed by atoms with Crippen LogP contribution >= 0.6 is 11.8 Å². The molecule has 202 valence electrons. The molecule has 2 unspecified atom stereocenters. The summed E-state index contributed by atoms with van der Waals surface area (Å²) in [4.78, 5) is 40.6. The van der Waals surface area contributed by atoms with E-state index in [0.717, 1.165) is 11.8 Å². The topological polar surface area (TPSA) is 123 Å². The summed E-state index contributed by atoms with van der Waals surface area (Å²) < 4.78 is 53.0. The second-order valence-corrected chi connectivity index (χ2v) is 10.1. The monoisotopic (exact) mass is 558 g/mol. The molecule has 0 amide bonds. The predicted octanol–water partition coefficient (Wildman–Crippen LogP) is 6.30. The first-order valence-corrected chi connectivity index (χ1v) is 13.0. The van der Waals surface area contributed by atoms with Crippen molar-refractivity contribution >= 4 is 45.9 Å². The molecule has 6 rings (SSSR count). The Labute approximate surface area is 223 Å². The van der Waals surface area contributed by atoms with E-state index in [0.29, 0.717) is 63.3 Å². The molecule has 4 aromatic rings. The molecule has 0 bridgehead atoms. The Morgan fingerprint density at radius 3 is 2.85 bits per heavy atom. The molecule has 9 nitrogen and oxygen atoms in total. The minimum atomic E-state index is -4.80. The highest BCUT2D eigenvalue weighted by molar-refractivity contribution is 7.99. The molecule has 2 aliphatic rings. The molecule has 0 spiro atoms. The van der Waals surface area contributed by atoms with Crippen LogP contribution in [0.3, 0.4) is 0 Å². The standard InChI is InChI=1S/C26H21F3N4O5S/c1-2-36-24(35)23-22-13(11-30-23)20(21-15(31-22)4-3-5-17(21)34)18-8-9-19(37-18)39-25-32-14-7-6-12(10-16(14)33-25)38-26(27,28)29/h6-11,20-21,30H,2-5H2,1H3,(H,32,33).